The Kier molecular flexibility index (Phi) is 8.29. The highest BCUT2D eigenvalue weighted by Crippen LogP contribution is 2.40. The van der Waals surface area contributed by atoms with Crippen molar-refractivity contribution in [3.63, 3.8) is 0 Å². The number of phenols is 1. The van der Waals surface area contributed by atoms with E-state index in [0.29, 0.717) is 19.6 Å². The van der Waals surface area contributed by atoms with Crippen LogP contribution in [0.5, 0.6) is 5.75 Å². The van der Waals surface area contributed by atoms with Gasteiger partial charge in [0, 0.05) is 24.7 Å². The number of amidine groups is 1. The zero-order valence-electron chi connectivity index (χ0n) is 23.5. The fourth-order valence-corrected chi connectivity index (χ4v) is 6.59. The molecule has 0 atom stereocenters. The summed E-state index contributed by atoms with van der Waals surface area (Å²) >= 11 is 3.66. The second kappa shape index (κ2) is 12.4. The van der Waals surface area contributed by atoms with Gasteiger partial charge >= 0.3 is 0 Å². The summed E-state index contributed by atoms with van der Waals surface area (Å²) in [7, 11) is 0. The van der Waals surface area contributed by atoms with Gasteiger partial charge in [0.15, 0.2) is 0 Å². The van der Waals surface area contributed by atoms with E-state index >= 15 is 0 Å². The van der Waals surface area contributed by atoms with Crippen molar-refractivity contribution < 1.29 is 9.90 Å². The van der Waals surface area contributed by atoms with Crippen molar-refractivity contribution in [1.29, 1.82) is 0 Å². The lowest BCUT2D eigenvalue weighted by Gasteiger charge is -2.36. The minimum atomic E-state index is -0.431. The Balaban J connectivity index is 1.16. The maximum Gasteiger partial charge on any atom is 0.230 e. The van der Waals surface area contributed by atoms with Crippen LogP contribution in [-0.4, -0.2) is 28.3 Å². The molecule has 0 spiro atoms. The Morgan fingerprint density at radius 3 is 2.43 bits per heavy atom. The van der Waals surface area contributed by atoms with Crippen LogP contribution >= 0.6 is 15.9 Å². The van der Waals surface area contributed by atoms with E-state index in [1.54, 1.807) is 6.07 Å². The molecule has 2 heterocycles. The Labute approximate surface area is 255 Å². The van der Waals surface area contributed by atoms with Crippen LogP contribution < -0.4 is 10.6 Å². The van der Waals surface area contributed by atoms with Gasteiger partial charge in [0.2, 0.25) is 5.91 Å². The lowest BCUT2D eigenvalue weighted by atomic mass is 9.68. The quantitative estimate of drug-likeness (QED) is 0.268. The van der Waals surface area contributed by atoms with Crippen molar-refractivity contribution >= 4 is 33.4 Å². The van der Waals surface area contributed by atoms with E-state index in [1.165, 1.54) is 6.42 Å². The number of carbonyl (C=O) groups excluding carboxylic acids is 1. The summed E-state index contributed by atoms with van der Waals surface area (Å²) < 4.78 is 0.927. The number of amides is 1. The number of rotatable bonds is 7. The topological polar surface area (TPSA) is 77.0 Å². The zero-order chi connectivity index (χ0) is 28.9. The van der Waals surface area contributed by atoms with Crippen LogP contribution in [0.2, 0.25) is 0 Å². The molecule has 1 aliphatic carbocycles. The highest BCUT2D eigenvalue weighted by atomic mass is 79.9. The third-order valence-corrected chi connectivity index (χ3v) is 9.05. The van der Waals surface area contributed by atoms with Crippen LogP contribution in [0.15, 0.2) is 112 Å². The van der Waals surface area contributed by atoms with Gasteiger partial charge in [-0.25, -0.2) is 0 Å². The molecule has 3 aliphatic rings. The minimum Gasteiger partial charge on any atom is -0.507 e. The first-order chi connectivity index (χ1) is 20.5. The van der Waals surface area contributed by atoms with Gasteiger partial charge in [0.1, 0.15) is 17.4 Å². The van der Waals surface area contributed by atoms with Crippen molar-refractivity contribution in [3.05, 3.63) is 130 Å². The average molecular weight is 624 g/mol. The van der Waals surface area contributed by atoms with E-state index in [0.717, 1.165) is 69.8 Å². The lowest BCUT2D eigenvalue weighted by molar-refractivity contribution is -0.128. The van der Waals surface area contributed by atoms with Crippen LogP contribution in [-0.2, 0) is 23.3 Å². The van der Waals surface area contributed by atoms with Gasteiger partial charge in [-0.2, -0.15) is 0 Å². The number of hydrogen-bond donors (Lipinski definition) is 3. The monoisotopic (exact) mass is 622 g/mol. The first-order valence-electron chi connectivity index (χ1n) is 14.6. The van der Waals surface area contributed by atoms with Gasteiger partial charge in [-0.15, -0.1) is 0 Å². The average Bonchev–Trinajstić information content (AvgIpc) is 3.04. The summed E-state index contributed by atoms with van der Waals surface area (Å²) in [5, 5.41) is 17.2. The third kappa shape index (κ3) is 5.79. The Bertz CT molecular complexity index is 1570. The molecule has 3 aromatic carbocycles. The van der Waals surface area contributed by atoms with Crippen molar-refractivity contribution in [2.75, 3.05) is 6.54 Å². The van der Waals surface area contributed by atoms with Crippen molar-refractivity contribution in [1.82, 2.24) is 15.5 Å². The molecule has 1 saturated carbocycles. The van der Waals surface area contributed by atoms with E-state index in [9.17, 15) is 9.90 Å². The van der Waals surface area contributed by atoms with Crippen molar-refractivity contribution in [2.45, 2.75) is 50.6 Å². The number of nitrogens with zero attached hydrogens (tertiary/aromatic N) is 2. The highest BCUT2D eigenvalue weighted by molar-refractivity contribution is 9.11. The second-order valence-corrected chi connectivity index (χ2v) is 11.9. The molecule has 0 aromatic heterocycles. The fraction of sp³-hybridized carbons (Fsp3) is 0.257. The van der Waals surface area contributed by atoms with Gasteiger partial charge in [0.25, 0.3) is 0 Å². The van der Waals surface area contributed by atoms with E-state index in [-0.39, 0.29) is 11.7 Å². The molecule has 7 heteroatoms. The molecule has 6 rings (SSSR count). The summed E-state index contributed by atoms with van der Waals surface area (Å²) in [5.74, 6) is 2.06. The van der Waals surface area contributed by atoms with Crippen LogP contribution in [0.25, 0.3) is 5.70 Å². The van der Waals surface area contributed by atoms with Gasteiger partial charge in [-0.1, -0.05) is 92.1 Å². The standard InChI is InChI=1S/C35H35BrN4O2/c36-29-13-9-21-40-32(22-30(39-33(29)40)28-12-5-6-14-31(28)41)37-23-25-15-17-26(18-16-25)24-38-34(42)35(19-7-2-8-20-35)27-10-3-1-4-11-27/h1,3-6,9-18,22,39,41H,2,7-8,19-21,23-24H2,(H,38,42). The molecule has 0 radical (unpaired) electrons. The number of hydrogen-bond acceptors (Lipinski definition) is 4. The van der Waals surface area contributed by atoms with E-state index in [1.807, 2.05) is 48.6 Å². The van der Waals surface area contributed by atoms with E-state index in [4.69, 9.17) is 4.99 Å². The number of nitrogens with one attached hydrogen (secondary N) is 2. The number of aliphatic imine (C=N–C) groups is 1. The largest absolute Gasteiger partial charge is 0.507 e. The smallest absolute Gasteiger partial charge is 0.230 e. The Morgan fingerprint density at radius 1 is 0.952 bits per heavy atom. The van der Waals surface area contributed by atoms with Crippen molar-refractivity contribution in [2.24, 2.45) is 4.99 Å². The molecular formula is C35H35BrN4O2. The summed E-state index contributed by atoms with van der Waals surface area (Å²) in [6.07, 6.45) is 11.3. The molecular weight excluding hydrogens is 588 g/mol. The fourth-order valence-electron chi connectivity index (χ4n) is 6.09. The normalized spacial score (nSPS) is 18.7. The zero-order valence-corrected chi connectivity index (χ0v) is 25.1. The van der Waals surface area contributed by atoms with E-state index in [2.05, 4.69) is 73.9 Å². The number of halogens is 1. The maximum atomic E-state index is 13.6. The van der Waals surface area contributed by atoms with Crippen molar-refractivity contribution in [3.8, 4) is 5.75 Å². The summed E-state index contributed by atoms with van der Waals surface area (Å²) in [6, 6.07) is 25.9. The van der Waals surface area contributed by atoms with Gasteiger partial charge in [0.05, 0.1) is 22.1 Å². The molecule has 214 valence electrons. The molecule has 3 N–H and O–H groups in total. The first-order valence-corrected chi connectivity index (χ1v) is 15.4. The van der Waals surface area contributed by atoms with Gasteiger partial charge in [-0.3, -0.25) is 9.79 Å². The van der Waals surface area contributed by atoms with E-state index < -0.39 is 5.41 Å². The number of carbonyl (C=O) groups is 1. The molecule has 6 nitrogen and oxygen atoms in total. The Morgan fingerprint density at radius 2 is 1.67 bits per heavy atom. The maximum absolute atomic E-state index is 13.6. The second-order valence-electron chi connectivity index (χ2n) is 11.1. The summed E-state index contributed by atoms with van der Waals surface area (Å²) in [4.78, 5) is 20.6. The van der Waals surface area contributed by atoms with Crippen LogP contribution in [0.4, 0.5) is 0 Å². The predicted octanol–water partition coefficient (Wildman–Crippen LogP) is 6.89. The molecule has 1 amide bonds. The number of phenolic OH excluding ortho intramolecular Hbond substituents is 1. The number of allylic oxidation sites excluding steroid dienone is 2. The van der Waals surface area contributed by atoms with Crippen LogP contribution in [0.3, 0.4) is 0 Å². The predicted molar refractivity (Wildman–Crippen MR) is 172 cm³/mol. The molecule has 1 fully saturated rings. The SMILES string of the molecule is O=C(NCc1ccc(CN=C2C=C(c3ccccc3O)NC3=C(Br)C=CCN23)cc1)C1(c2ccccc2)CCCCC1. The van der Waals surface area contributed by atoms with Gasteiger partial charge in [-0.05, 0) is 63.7 Å². The molecule has 0 bridgehead atoms. The summed E-state index contributed by atoms with van der Waals surface area (Å²) in [6.45, 7) is 1.71. The third-order valence-electron chi connectivity index (χ3n) is 8.41. The van der Waals surface area contributed by atoms with Crippen LogP contribution in [0.1, 0.15) is 54.4 Å². The molecule has 0 unspecified atom stereocenters. The lowest BCUT2D eigenvalue weighted by Crippen LogP contribution is -2.45. The van der Waals surface area contributed by atoms with Gasteiger partial charge < -0.3 is 20.6 Å². The molecule has 2 aliphatic heterocycles. The summed E-state index contributed by atoms with van der Waals surface area (Å²) in [5.41, 5.74) is 4.36. The minimum absolute atomic E-state index is 0.132. The number of aromatic hydroxyl groups is 1. The molecule has 3 aromatic rings. The number of fused-ring (bicyclic) bond motifs is 1. The first kappa shape index (κ1) is 28.0. The number of para-hydroxylation sites is 1. The molecule has 0 saturated heterocycles. The van der Waals surface area contributed by atoms with Crippen LogP contribution in [0, 0.1) is 0 Å². The Hall–Kier alpha value is -4.10. The molecule has 42 heavy (non-hydrogen) atoms. The highest BCUT2D eigenvalue weighted by Gasteiger charge is 2.40. The number of benzene rings is 3.